The number of hydrogen-bond acceptors (Lipinski definition) is 2. The fourth-order valence-corrected chi connectivity index (χ4v) is 1.44. The van der Waals surface area contributed by atoms with E-state index < -0.39 is 0 Å². The first kappa shape index (κ1) is 11.1. The molecule has 0 saturated carbocycles. The molecule has 0 aliphatic heterocycles. The fraction of sp³-hybridized carbons (Fsp3) is 0.750. The van der Waals surface area contributed by atoms with Gasteiger partial charge < -0.3 is 0 Å². The van der Waals surface area contributed by atoms with Gasteiger partial charge in [-0.3, -0.25) is 0 Å². The molecule has 2 N–H and O–H groups in total. The maximum absolute atomic E-state index is 11.0. The molecule has 0 aliphatic carbocycles. The second-order valence-electron chi connectivity index (χ2n) is 3.12. The van der Waals surface area contributed by atoms with E-state index in [1.807, 2.05) is 0 Å². The highest BCUT2D eigenvalue weighted by Crippen LogP contribution is 2.01. The molecule has 0 aromatic carbocycles. The zero-order valence-corrected chi connectivity index (χ0v) is 8.64. The highest BCUT2D eigenvalue weighted by molar-refractivity contribution is 6.17. The largest absolute Gasteiger partial charge is 0.344 e. The smallest absolute Gasteiger partial charge is 0.247 e. The summed E-state index contributed by atoms with van der Waals surface area (Å²) in [7, 11) is 0. The van der Waals surface area contributed by atoms with Crippen LogP contribution in [0, 0.1) is 0 Å². The van der Waals surface area contributed by atoms with Crippen LogP contribution in [0.15, 0.2) is 9.59 Å². The van der Waals surface area contributed by atoms with Crippen LogP contribution in [-0.2, 0) is 6.54 Å². The third-order valence-electron chi connectivity index (χ3n) is 2.03. The lowest BCUT2D eigenvalue weighted by Gasteiger charge is -1.98. The molecule has 6 heteroatoms. The Balaban J connectivity index is 2.32. The summed E-state index contributed by atoms with van der Waals surface area (Å²) >= 11 is 5.52. The van der Waals surface area contributed by atoms with Crippen molar-refractivity contribution in [2.45, 2.75) is 32.2 Å². The highest BCUT2D eigenvalue weighted by Gasteiger charge is 2.00. The van der Waals surface area contributed by atoms with Crippen LogP contribution >= 0.6 is 11.6 Å². The minimum absolute atomic E-state index is 0.368. The van der Waals surface area contributed by atoms with Gasteiger partial charge in [-0.15, -0.1) is 11.6 Å². The Bertz CT molecular complexity index is 338. The summed E-state index contributed by atoms with van der Waals surface area (Å²) in [5, 5.41) is 4.48. The summed E-state index contributed by atoms with van der Waals surface area (Å²) in [5.41, 5.74) is -0.736. The number of aromatic amines is 2. The van der Waals surface area contributed by atoms with Crippen LogP contribution in [0.3, 0.4) is 0 Å². The molecule has 5 nitrogen and oxygen atoms in total. The van der Waals surface area contributed by atoms with E-state index in [0.717, 1.165) is 25.7 Å². The second-order valence-corrected chi connectivity index (χ2v) is 3.49. The predicted molar refractivity (Wildman–Crippen MR) is 54.9 cm³/mol. The molecule has 0 radical (unpaired) electrons. The van der Waals surface area contributed by atoms with Crippen molar-refractivity contribution < 1.29 is 0 Å². The molecule has 0 spiro atoms. The average molecular weight is 220 g/mol. The van der Waals surface area contributed by atoms with Crippen molar-refractivity contribution in [2.75, 3.05) is 5.88 Å². The van der Waals surface area contributed by atoms with Crippen LogP contribution in [0.2, 0.25) is 0 Å². The van der Waals surface area contributed by atoms with Crippen molar-refractivity contribution in [1.82, 2.24) is 14.8 Å². The molecular formula is C8H14ClN3O2. The van der Waals surface area contributed by atoms with Gasteiger partial charge >= 0.3 is 11.4 Å². The minimum atomic E-state index is -0.368. The molecule has 80 valence electrons. The van der Waals surface area contributed by atoms with Crippen LogP contribution in [0.25, 0.3) is 0 Å². The molecule has 0 aliphatic rings. The predicted octanol–water partition coefficient (Wildman–Crippen LogP) is 0.664. The lowest BCUT2D eigenvalue weighted by atomic mass is 10.2. The number of nitrogens with one attached hydrogen (secondary N) is 2. The molecule has 1 rings (SSSR count). The summed E-state index contributed by atoms with van der Waals surface area (Å²) in [5.74, 6) is 0.671. The van der Waals surface area contributed by atoms with Gasteiger partial charge in [-0.1, -0.05) is 12.8 Å². The SMILES string of the molecule is O=c1[nH][nH]c(=O)n1CCCCCCCl. The lowest BCUT2D eigenvalue weighted by Crippen LogP contribution is -2.26. The molecule has 1 aromatic rings. The van der Waals surface area contributed by atoms with Gasteiger partial charge in [0, 0.05) is 12.4 Å². The molecule has 0 atom stereocenters. The Morgan fingerprint density at radius 2 is 1.57 bits per heavy atom. The number of alkyl halides is 1. The Labute approximate surface area is 86.1 Å². The van der Waals surface area contributed by atoms with E-state index in [-0.39, 0.29) is 11.4 Å². The van der Waals surface area contributed by atoms with E-state index >= 15 is 0 Å². The number of halogens is 1. The van der Waals surface area contributed by atoms with Crippen LogP contribution < -0.4 is 11.4 Å². The monoisotopic (exact) mass is 219 g/mol. The fourth-order valence-electron chi connectivity index (χ4n) is 1.26. The number of rotatable bonds is 6. The zero-order valence-electron chi connectivity index (χ0n) is 7.88. The molecule has 0 amide bonds. The van der Waals surface area contributed by atoms with Crippen LogP contribution in [0.1, 0.15) is 25.7 Å². The van der Waals surface area contributed by atoms with E-state index in [1.165, 1.54) is 4.57 Å². The van der Waals surface area contributed by atoms with E-state index in [2.05, 4.69) is 10.2 Å². The minimum Gasteiger partial charge on any atom is -0.247 e. The molecule has 0 bridgehead atoms. The van der Waals surface area contributed by atoms with Crippen LogP contribution in [-0.4, -0.2) is 20.6 Å². The van der Waals surface area contributed by atoms with Gasteiger partial charge in [0.1, 0.15) is 0 Å². The van der Waals surface area contributed by atoms with Gasteiger partial charge in [0.2, 0.25) is 0 Å². The zero-order chi connectivity index (χ0) is 10.4. The molecule has 1 aromatic heterocycles. The molecule has 0 fully saturated rings. The average Bonchev–Trinajstić information content (AvgIpc) is 2.48. The Hall–Kier alpha value is -0.970. The van der Waals surface area contributed by atoms with Gasteiger partial charge in [0.05, 0.1) is 0 Å². The first-order valence-corrected chi connectivity index (χ1v) is 5.22. The molecule has 1 heterocycles. The first-order chi connectivity index (χ1) is 6.75. The number of nitrogens with zero attached hydrogens (tertiary/aromatic N) is 1. The van der Waals surface area contributed by atoms with Gasteiger partial charge in [-0.05, 0) is 12.8 Å². The number of aromatic nitrogens is 3. The Morgan fingerprint density at radius 3 is 2.14 bits per heavy atom. The standard InChI is InChI=1S/C8H14ClN3O2/c9-5-3-1-2-4-6-12-7(13)10-11-8(12)14/h1-6H2,(H,10,13)(H,11,14). The number of H-pyrrole nitrogens is 2. The maximum Gasteiger partial charge on any atom is 0.344 e. The third-order valence-corrected chi connectivity index (χ3v) is 2.30. The third kappa shape index (κ3) is 3.06. The Kier molecular flexibility index (Phi) is 4.52. The summed E-state index contributed by atoms with van der Waals surface area (Å²) in [4.78, 5) is 22.0. The quantitative estimate of drug-likeness (QED) is 0.545. The van der Waals surface area contributed by atoms with Crippen LogP contribution in [0.5, 0.6) is 0 Å². The summed E-state index contributed by atoms with van der Waals surface area (Å²) in [6, 6.07) is 0. The van der Waals surface area contributed by atoms with Gasteiger partial charge in [0.15, 0.2) is 0 Å². The summed E-state index contributed by atoms with van der Waals surface area (Å²) in [6.45, 7) is 0.472. The highest BCUT2D eigenvalue weighted by atomic mass is 35.5. The first-order valence-electron chi connectivity index (χ1n) is 4.69. The van der Waals surface area contributed by atoms with E-state index in [1.54, 1.807) is 0 Å². The molecule has 0 saturated heterocycles. The van der Waals surface area contributed by atoms with Gasteiger partial charge in [0.25, 0.3) is 0 Å². The number of unbranched alkanes of at least 4 members (excludes halogenated alkanes) is 3. The lowest BCUT2D eigenvalue weighted by molar-refractivity contribution is 0.561. The second kappa shape index (κ2) is 5.70. The van der Waals surface area contributed by atoms with Crippen LogP contribution in [0.4, 0.5) is 0 Å². The van der Waals surface area contributed by atoms with Crippen molar-refractivity contribution in [1.29, 1.82) is 0 Å². The summed E-state index contributed by atoms with van der Waals surface area (Å²) < 4.78 is 1.17. The molecular weight excluding hydrogens is 206 g/mol. The van der Waals surface area contributed by atoms with Crippen molar-refractivity contribution in [2.24, 2.45) is 0 Å². The number of hydrogen-bond donors (Lipinski definition) is 2. The topological polar surface area (TPSA) is 70.7 Å². The van der Waals surface area contributed by atoms with Gasteiger partial charge in [-0.25, -0.2) is 24.4 Å². The van der Waals surface area contributed by atoms with Crippen molar-refractivity contribution >= 4 is 11.6 Å². The molecule has 0 unspecified atom stereocenters. The summed E-state index contributed by atoms with van der Waals surface area (Å²) in [6.07, 6.45) is 3.85. The van der Waals surface area contributed by atoms with E-state index in [4.69, 9.17) is 11.6 Å². The van der Waals surface area contributed by atoms with Crippen molar-refractivity contribution in [3.05, 3.63) is 21.0 Å². The van der Waals surface area contributed by atoms with Gasteiger partial charge in [-0.2, -0.15) is 0 Å². The Morgan fingerprint density at radius 1 is 1.00 bits per heavy atom. The van der Waals surface area contributed by atoms with Crippen molar-refractivity contribution in [3.63, 3.8) is 0 Å². The van der Waals surface area contributed by atoms with E-state index in [9.17, 15) is 9.59 Å². The molecule has 14 heavy (non-hydrogen) atoms. The van der Waals surface area contributed by atoms with Crippen molar-refractivity contribution in [3.8, 4) is 0 Å². The normalized spacial score (nSPS) is 10.6. The van der Waals surface area contributed by atoms with E-state index in [0.29, 0.717) is 12.4 Å². The maximum atomic E-state index is 11.0.